The summed E-state index contributed by atoms with van der Waals surface area (Å²) in [5.74, 6) is -1.02. The van der Waals surface area contributed by atoms with Crippen molar-refractivity contribution in [1.82, 2.24) is 4.98 Å². The summed E-state index contributed by atoms with van der Waals surface area (Å²) >= 11 is 3.33. The summed E-state index contributed by atoms with van der Waals surface area (Å²) in [6.07, 6.45) is 3.67. The predicted molar refractivity (Wildman–Crippen MR) is 79.8 cm³/mol. The SMILES string of the molecule is N#CC(Cc1ccncc1)C(=O)Nc1ccc(Br)cc1. The van der Waals surface area contributed by atoms with E-state index in [0.29, 0.717) is 12.1 Å². The van der Waals surface area contributed by atoms with Gasteiger partial charge < -0.3 is 5.32 Å². The van der Waals surface area contributed by atoms with E-state index >= 15 is 0 Å². The lowest BCUT2D eigenvalue weighted by atomic mass is 10.0. The summed E-state index contributed by atoms with van der Waals surface area (Å²) in [5.41, 5.74) is 1.59. The topological polar surface area (TPSA) is 65.8 Å². The van der Waals surface area contributed by atoms with Gasteiger partial charge in [-0.1, -0.05) is 15.9 Å². The molecule has 2 rings (SSSR count). The van der Waals surface area contributed by atoms with Gasteiger partial charge in [-0.3, -0.25) is 9.78 Å². The van der Waals surface area contributed by atoms with E-state index in [4.69, 9.17) is 5.26 Å². The van der Waals surface area contributed by atoms with E-state index in [0.717, 1.165) is 10.0 Å². The number of benzene rings is 1. The molecule has 100 valence electrons. The molecule has 0 saturated heterocycles. The number of carbonyl (C=O) groups excluding carboxylic acids is 1. The minimum Gasteiger partial charge on any atom is -0.325 e. The lowest BCUT2D eigenvalue weighted by Crippen LogP contribution is -2.23. The zero-order valence-corrected chi connectivity index (χ0v) is 12.2. The first-order chi connectivity index (χ1) is 9.69. The van der Waals surface area contributed by atoms with E-state index in [1.54, 1.807) is 36.7 Å². The van der Waals surface area contributed by atoms with Crippen LogP contribution in [0.2, 0.25) is 0 Å². The summed E-state index contributed by atoms with van der Waals surface area (Å²) in [7, 11) is 0. The van der Waals surface area contributed by atoms with Gasteiger partial charge in [-0.15, -0.1) is 0 Å². The molecule has 0 spiro atoms. The average Bonchev–Trinajstić information content (AvgIpc) is 2.48. The van der Waals surface area contributed by atoms with E-state index < -0.39 is 5.92 Å². The van der Waals surface area contributed by atoms with Gasteiger partial charge in [0, 0.05) is 22.6 Å². The Kier molecular flexibility index (Phi) is 4.85. The fourth-order valence-electron chi connectivity index (χ4n) is 1.71. The minimum atomic E-state index is -0.721. The Morgan fingerprint density at radius 3 is 2.50 bits per heavy atom. The van der Waals surface area contributed by atoms with Crippen molar-refractivity contribution in [3.05, 3.63) is 58.8 Å². The van der Waals surface area contributed by atoms with E-state index in [1.807, 2.05) is 18.2 Å². The van der Waals surface area contributed by atoms with Crippen LogP contribution in [0.15, 0.2) is 53.3 Å². The summed E-state index contributed by atoms with van der Waals surface area (Å²) in [6.45, 7) is 0. The second kappa shape index (κ2) is 6.83. The highest BCUT2D eigenvalue weighted by Crippen LogP contribution is 2.16. The standard InChI is InChI=1S/C15H12BrN3O/c16-13-1-3-14(4-2-13)19-15(20)12(10-17)9-11-5-7-18-8-6-11/h1-8,12H,9H2,(H,19,20). The molecule has 1 aromatic heterocycles. The second-order valence-electron chi connectivity index (χ2n) is 4.24. The molecule has 1 amide bonds. The molecule has 0 saturated carbocycles. The molecule has 1 heterocycles. The third kappa shape index (κ3) is 3.90. The number of amides is 1. The third-order valence-corrected chi connectivity index (χ3v) is 3.30. The number of hydrogen-bond donors (Lipinski definition) is 1. The number of halogens is 1. The molecule has 0 aliphatic rings. The van der Waals surface area contributed by atoms with Crippen molar-refractivity contribution < 1.29 is 4.79 Å². The van der Waals surface area contributed by atoms with Crippen molar-refractivity contribution in [2.75, 3.05) is 5.32 Å². The summed E-state index contributed by atoms with van der Waals surface area (Å²) in [5, 5.41) is 11.9. The smallest absolute Gasteiger partial charge is 0.242 e. The lowest BCUT2D eigenvalue weighted by molar-refractivity contribution is -0.118. The fourth-order valence-corrected chi connectivity index (χ4v) is 1.98. The number of nitriles is 1. The molecule has 1 aromatic carbocycles. The molecule has 1 atom stereocenters. The molecule has 2 aromatic rings. The Labute approximate surface area is 125 Å². The molecule has 20 heavy (non-hydrogen) atoms. The number of rotatable bonds is 4. The zero-order valence-electron chi connectivity index (χ0n) is 10.6. The molecular formula is C15H12BrN3O. The van der Waals surface area contributed by atoms with Gasteiger partial charge in [-0.05, 0) is 48.4 Å². The maximum absolute atomic E-state index is 12.1. The molecule has 5 heteroatoms. The number of hydrogen-bond acceptors (Lipinski definition) is 3. The monoisotopic (exact) mass is 329 g/mol. The molecular weight excluding hydrogens is 318 g/mol. The van der Waals surface area contributed by atoms with Crippen LogP contribution in [-0.2, 0) is 11.2 Å². The van der Waals surface area contributed by atoms with Gasteiger partial charge in [0.25, 0.3) is 0 Å². The lowest BCUT2D eigenvalue weighted by Gasteiger charge is -2.10. The van der Waals surface area contributed by atoms with Gasteiger partial charge in [-0.25, -0.2) is 0 Å². The first-order valence-electron chi connectivity index (χ1n) is 6.04. The Balaban J connectivity index is 2.03. The van der Waals surface area contributed by atoms with E-state index in [2.05, 4.69) is 26.2 Å². The summed E-state index contributed by atoms with van der Waals surface area (Å²) in [4.78, 5) is 16.0. The maximum Gasteiger partial charge on any atom is 0.242 e. The molecule has 0 radical (unpaired) electrons. The highest BCUT2D eigenvalue weighted by molar-refractivity contribution is 9.10. The predicted octanol–water partition coefficient (Wildman–Crippen LogP) is 3.17. The van der Waals surface area contributed by atoms with Crippen LogP contribution in [0.1, 0.15) is 5.56 Å². The third-order valence-electron chi connectivity index (χ3n) is 2.77. The largest absolute Gasteiger partial charge is 0.325 e. The van der Waals surface area contributed by atoms with Crippen LogP contribution < -0.4 is 5.32 Å². The van der Waals surface area contributed by atoms with Crippen molar-refractivity contribution >= 4 is 27.5 Å². The van der Waals surface area contributed by atoms with Crippen molar-refractivity contribution in [2.45, 2.75) is 6.42 Å². The second-order valence-corrected chi connectivity index (χ2v) is 5.15. The minimum absolute atomic E-state index is 0.299. The Morgan fingerprint density at radius 2 is 1.90 bits per heavy atom. The fraction of sp³-hybridized carbons (Fsp3) is 0.133. The van der Waals surface area contributed by atoms with Gasteiger partial charge in [0.1, 0.15) is 5.92 Å². The summed E-state index contributed by atoms with van der Waals surface area (Å²) in [6, 6.07) is 12.9. The van der Waals surface area contributed by atoms with Crippen LogP contribution in [0.4, 0.5) is 5.69 Å². The number of aromatic nitrogens is 1. The van der Waals surface area contributed by atoms with Crippen LogP contribution in [0.5, 0.6) is 0 Å². The van der Waals surface area contributed by atoms with Gasteiger partial charge in [-0.2, -0.15) is 5.26 Å². The van der Waals surface area contributed by atoms with Crippen molar-refractivity contribution in [1.29, 1.82) is 5.26 Å². The first kappa shape index (κ1) is 14.2. The van der Waals surface area contributed by atoms with Crippen LogP contribution in [0.25, 0.3) is 0 Å². The normalized spacial score (nSPS) is 11.4. The van der Waals surface area contributed by atoms with Crippen LogP contribution in [0, 0.1) is 17.2 Å². The highest BCUT2D eigenvalue weighted by Gasteiger charge is 2.18. The van der Waals surface area contributed by atoms with Crippen molar-refractivity contribution in [3.63, 3.8) is 0 Å². The van der Waals surface area contributed by atoms with Crippen LogP contribution in [0.3, 0.4) is 0 Å². The summed E-state index contributed by atoms with van der Waals surface area (Å²) < 4.78 is 0.934. The van der Waals surface area contributed by atoms with Gasteiger partial charge in [0.05, 0.1) is 6.07 Å². The van der Waals surface area contributed by atoms with Crippen molar-refractivity contribution in [2.24, 2.45) is 5.92 Å². The zero-order chi connectivity index (χ0) is 14.4. The first-order valence-corrected chi connectivity index (χ1v) is 6.83. The van der Waals surface area contributed by atoms with Crippen molar-refractivity contribution in [3.8, 4) is 6.07 Å². The number of nitrogens with one attached hydrogen (secondary N) is 1. The number of anilines is 1. The molecule has 0 fully saturated rings. The Hall–Kier alpha value is -2.19. The van der Waals surface area contributed by atoms with E-state index in [-0.39, 0.29) is 5.91 Å². The Bertz CT molecular complexity index is 620. The Morgan fingerprint density at radius 1 is 1.25 bits per heavy atom. The quantitative estimate of drug-likeness (QED) is 0.936. The van der Waals surface area contributed by atoms with Gasteiger partial charge in [0.2, 0.25) is 5.91 Å². The molecule has 1 N–H and O–H groups in total. The van der Waals surface area contributed by atoms with Crippen LogP contribution >= 0.6 is 15.9 Å². The average molecular weight is 330 g/mol. The molecule has 0 bridgehead atoms. The van der Waals surface area contributed by atoms with E-state index in [9.17, 15) is 4.79 Å². The molecule has 0 aliphatic carbocycles. The maximum atomic E-state index is 12.1. The number of nitrogens with zero attached hydrogens (tertiary/aromatic N) is 2. The van der Waals surface area contributed by atoms with Gasteiger partial charge in [0.15, 0.2) is 0 Å². The molecule has 1 unspecified atom stereocenters. The van der Waals surface area contributed by atoms with Gasteiger partial charge >= 0.3 is 0 Å². The van der Waals surface area contributed by atoms with E-state index in [1.165, 1.54) is 0 Å². The highest BCUT2D eigenvalue weighted by atomic mass is 79.9. The van der Waals surface area contributed by atoms with Crippen LogP contribution in [-0.4, -0.2) is 10.9 Å². The number of carbonyl (C=O) groups is 1. The molecule has 0 aliphatic heterocycles. The number of pyridine rings is 1. The molecule has 4 nitrogen and oxygen atoms in total.